The van der Waals surface area contributed by atoms with Gasteiger partial charge in [-0.05, 0) is 30.3 Å². The minimum atomic E-state index is -4.46. The Balaban J connectivity index is 1.87. The number of halogens is 1. The van der Waals surface area contributed by atoms with Gasteiger partial charge in [-0.25, -0.2) is 12.8 Å². The van der Waals surface area contributed by atoms with Gasteiger partial charge in [0.05, 0.1) is 33.1 Å². The number of nitro benzene ring substituents is 2. The van der Waals surface area contributed by atoms with Gasteiger partial charge in [-0.2, -0.15) is 0 Å². The van der Waals surface area contributed by atoms with E-state index in [2.05, 4.69) is 15.6 Å². The highest BCUT2D eigenvalue weighted by molar-refractivity contribution is 7.92. The number of nitrogens with one attached hydrogen (secondary N) is 3. The molecule has 0 spiro atoms. The maximum Gasteiger partial charge on any atom is 0.294 e. The molecule has 3 aromatic rings. The number of nitrogens with zero attached hydrogens (tertiary/aromatic N) is 2. The van der Waals surface area contributed by atoms with Crippen LogP contribution in [-0.2, 0) is 10.0 Å². The molecule has 0 aliphatic carbocycles. The van der Waals surface area contributed by atoms with Crippen molar-refractivity contribution in [3.63, 3.8) is 0 Å². The summed E-state index contributed by atoms with van der Waals surface area (Å²) in [7, 11) is -3.23. The molecule has 0 aliphatic rings. The number of rotatable bonds is 9. The average molecular weight is 505 g/mol. The number of amides is 1. The number of carbonyl (C=O) groups excluding carboxylic acids is 1. The second-order valence-corrected chi connectivity index (χ2v) is 8.42. The van der Waals surface area contributed by atoms with Crippen LogP contribution in [0.1, 0.15) is 10.4 Å². The third-order valence-electron chi connectivity index (χ3n) is 4.54. The van der Waals surface area contributed by atoms with E-state index in [1.54, 1.807) is 0 Å². The maximum atomic E-state index is 14.3. The molecule has 1 amide bonds. The van der Waals surface area contributed by atoms with Gasteiger partial charge in [0.15, 0.2) is 0 Å². The Morgan fingerprint density at radius 3 is 2.34 bits per heavy atom. The third-order valence-corrected chi connectivity index (χ3v) is 5.91. The van der Waals surface area contributed by atoms with Gasteiger partial charge in [0.2, 0.25) is 0 Å². The monoisotopic (exact) mass is 505 g/mol. The van der Waals surface area contributed by atoms with Crippen LogP contribution in [0, 0.1) is 26.0 Å². The van der Waals surface area contributed by atoms with Crippen LogP contribution in [0.3, 0.4) is 0 Å². The summed E-state index contributed by atoms with van der Waals surface area (Å²) >= 11 is 0. The van der Waals surface area contributed by atoms with Gasteiger partial charge in [0, 0.05) is 18.2 Å². The normalized spacial score (nSPS) is 10.8. The van der Waals surface area contributed by atoms with Gasteiger partial charge < -0.3 is 4.74 Å². The van der Waals surface area contributed by atoms with Crippen molar-refractivity contribution in [3.05, 3.63) is 92.3 Å². The number of sulfonamides is 1. The van der Waals surface area contributed by atoms with Crippen LogP contribution in [0.2, 0.25) is 0 Å². The highest BCUT2D eigenvalue weighted by Crippen LogP contribution is 2.31. The van der Waals surface area contributed by atoms with Crippen molar-refractivity contribution in [3.8, 4) is 5.75 Å². The highest BCUT2D eigenvalue weighted by atomic mass is 32.2. The van der Waals surface area contributed by atoms with Crippen molar-refractivity contribution in [1.29, 1.82) is 0 Å². The van der Waals surface area contributed by atoms with Crippen LogP contribution in [0.25, 0.3) is 0 Å². The fourth-order valence-corrected chi connectivity index (χ4v) is 3.96. The predicted octanol–water partition coefficient (Wildman–Crippen LogP) is 3.21. The number of ether oxygens (including phenoxy) is 1. The second-order valence-electron chi connectivity index (χ2n) is 6.74. The molecule has 0 aromatic heterocycles. The first-order chi connectivity index (χ1) is 16.5. The number of non-ortho nitro benzene ring substituents is 1. The standard InChI is InChI=1S/C20H16FN5O8S/c1-34-19-9-6-12(25(28)29)10-17(19)24-35(32,33)13-7-8-15(21)14(11-13)20(27)23-22-16-4-2-3-5-18(16)26(30)31/h2-11,22,24H,1H3,(H,23,27). The van der Waals surface area contributed by atoms with Gasteiger partial charge in [-0.15, -0.1) is 0 Å². The summed E-state index contributed by atoms with van der Waals surface area (Å²) < 4.78 is 47.2. The van der Waals surface area contributed by atoms with E-state index in [-0.39, 0.29) is 22.8 Å². The molecule has 0 bridgehead atoms. The fraction of sp³-hybridized carbons (Fsp3) is 0.0500. The molecule has 0 radical (unpaired) electrons. The highest BCUT2D eigenvalue weighted by Gasteiger charge is 2.23. The lowest BCUT2D eigenvalue weighted by Crippen LogP contribution is -2.30. The van der Waals surface area contributed by atoms with E-state index >= 15 is 0 Å². The zero-order chi connectivity index (χ0) is 25.8. The summed E-state index contributed by atoms with van der Waals surface area (Å²) in [4.78, 5) is 32.6. The molecule has 0 atom stereocenters. The number of para-hydroxylation sites is 2. The smallest absolute Gasteiger partial charge is 0.294 e. The van der Waals surface area contributed by atoms with E-state index in [0.717, 1.165) is 30.3 Å². The summed E-state index contributed by atoms with van der Waals surface area (Å²) in [5.74, 6) is -2.21. The van der Waals surface area contributed by atoms with Crippen molar-refractivity contribution in [2.45, 2.75) is 4.90 Å². The number of carbonyl (C=O) groups is 1. The van der Waals surface area contributed by atoms with Crippen LogP contribution in [0.4, 0.5) is 27.1 Å². The van der Waals surface area contributed by atoms with E-state index < -0.39 is 47.7 Å². The summed E-state index contributed by atoms with van der Waals surface area (Å²) in [6.45, 7) is 0. The quantitative estimate of drug-likeness (QED) is 0.290. The number of anilines is 2. The molecule has 0 aliphatic heterocycles. The average Bonchev–Trinajstić information content (AvgIpc) is 2.82. The lowest BCUT2D eigenvalue weighted by atomic mass is 10.2. The molecule has 3 aromatic carbocycles. The summed E-state index contributed by atoms with van der Waals surface area (Å²) in [5.41, 5.74) is 2.56. The Labute approximate surface area is 196 Å². The van der Waals surface area contributed by atoms with E-state index in [0.29, 0.717) is 0 Å². The summed E-state index contributed by atoms with van der Waals surface area (Å²) in [6, 6.07) is 10.9. The molecule has 0 heterocycles. The molecule has 0 fully saturated rings. The van der Waals surface area contributed by atoms with Crippen molar-refractivity contribution in [1.82, 2.24) is 5.43 Å². The minimum Gasteiger partial charge on any atom is -0.495 e. The molecule has 0 unspecified atom stereocenters. The molecule has 0 saturated carbocycles. The zero-order valence-electron chi connectivity index (χ0n) is 17.7. The first-order valence-electron chi connectivity index (χ1n) is 9.48. The Bertz CT molecular complexity index is 1430. The van der Waals surface area contributed by atoms with Crippen molar-refractivity contribution < 1.29 is 32.2 Å². The van der Waals surface area contributed by atoms with Crippen molar-refractivity contribution in [2.24, 2.45) is 0 Å². The van der Waals surface area contributed by atoms with Crippen LogP contribution in [0.5, 0.6) is 5.75 Å². The molecule has 35 heavy (non-hydrogen) atoms. The number of hydrogen-bond acceptors (Lipinski definition) is 9. The van der Waals surface area contributed by atoms with E-state index in [9.17, 15) is 37.8 Å². The van der Waals surface area contributed by atoms with Gasteiger partial charge in [-0.3, -0.25) is 40.6 Å². The van der Waals surface area contributed by atoms with Crippen LogP contribution >= 0.6 is 0 Å². The largest absolute Gasteiger partial charge is 0.495 e. The number of hydrazine groups is 1. The number of methoxy groups -OCH3 is 1. The molecule has 3 N–H and O–H groups in total. The lowest BCUT2D eigenvalue weighted by molar-refractivity contribution is -0.384. The molecular formula is C20H16FN5O8S. The maximum absolute atomic E-state index is 14.3. The number of hydrogen-bond donors (Lipinski definition) is 3. The van der Waals surface area contributed by atoms with Gasteiger partial charge in [0.1, 0.15) is 17.3 Å². The lowest BCUT2D eigenvalue weighted by Gasteiger charge is -2.13. The van der Waals surface area contributed by atoms with Crippen molar-refractivity contribution >= 4 is 38.7 Å². The topological polar surface area (TPSA) is 183 Å². The van der Waals surface area contributed by atoms with E-state index in [1.165, 1.54) is 37.4 Å². The first-order valence-corrected chi connectivity index (χ1v) is 11.0. The van der Waals surface area contributed by atoms with E-state index in [1.807, 2.05) is 0 Å². The van der Waals surface area contributed by atoms with Crippen molar-refractivity contribution in [2.75, 3.05) is 17.3 Å². The SMILES string of the molecule is COc1ccc([N+](=O)[O-])cc1NS(=O)(=O)c1ccc(F)c(C(=O)NNc2ccccc2[N+](=O)[O-])c1. The Hall–Kier alpha value is -4.79. The molecular weight excluding hydrogens is 489 g/mol. The third kappa shape index (κ3) is 5.59. The van der Waals surface area contributed by atoms with Gasteiger partial charge in [0.25, 0.3) is 27.3 Å². The Kier molecular flexibility index (Phi) is 7.10. The Morgan fingerprint density at radius 2 is 1.69 bits per heavy atom. The molecule has 182 valence electrons. The first kappa shape index (κ1) is 24.8. The van der Waals surface area contributed by atoms with Crippen LogP contribution in [-0.4, -0.2) is 31.3 Å². The molecule has 15 heteroatoms. The summed E-state index contributed by atoms with van der Waals surface area (Å²) in [5, 5.41) is 22.1. The van der Waals surface area contributed by atoms with E-state index in [4.69, 9.17) is 4.74 Å². The zero-order valence-corrected chi connectivity index (χ0v) is 18.5. The van der Waals surface area contributed by atoms with Crippen LogP contribution < -0.4 is 20.3 Å². The van der Waals surface area contributed by atoms with Crippen LogP contribution in [0.15, 0.2) is 65.6 Å². The molecule has 13 nitrogen and oxygen atoms in total. The number of nitro groups is 2. The Morgan fingerprint density at radius 1 is 0.971 bits per heavy atom. The number of benzene rings is 3. The fourth-order valence-electron chi connectivity index (χ4n) is 2.87. The van der Waals surface area contributed by atoms with Gasteiger partial charge in [-0.1, -0.05) is 12.1 Å². The molecule has 0 saturated heterocycles. The predicted molar refractivity (Wildman–Crippen MR) is 121 cm³/mol. The molecule has 3 rings (SSSR count). The second kappa shape index (κ2) is 10.0. The van der Waals surface area contributed by atoms with Gasteiger partial charge >= 0.3 is 0 Å². The summed E-state index contributed by atoms with van der Waals surface area (Å²) in [6.07, 6.45) is 0. The minimum absolute atomic E-state index is 0.0205.